The van der Waals surface area contributed by atoms with E-state index in [4.69, 9.17) is 16.3 Å². The Morgan fingerprint density at radius 2 is 2.06 bits per heavy atom. The van der Waals surface area contributed by atoms with Crippen molar-refractivity contribution in [3.8, 4) is 0 Å². The highest BCUT2D eigenvalue weighted by atomic mass is 35.5. The summed E-state index contributed by atoms with van der Waals surface area (Å²) in [6.07, 6.45) is 1.16. The van der Waals surface area contributed by atoms with Crippen molar-refractivity contribution in [2.75, 3.05) is 0 Å². The Balaban J connectivity index is 2.71. The van der Waals surface area contributed by atoms with Gasteiger partial charge in [-0.25, -0.2) is 9.79 Å². The zero-order valence-corrected chi connectivity index (χ0v) is 11.2. The maximum atomic E-state index is 11.4. The number of hydrogen-bond acceptors (Lipinski definition) is 3. The minimum absolute atomic E-state index is 0.464. The van der Waals surface area contributed by atoms with Crippen molar-refractivity contribution in [1.82, 2.24) is 0 Å². The first-order chi connectivity index (χ1) is 7.78. The van der Waals surface area contributed by atoms with Crippen LogP contribution in [-0.4, -0.2) is 17.8 Å². The van der Waals surface area contributed by atoms with Crippen molar-refractivity contribution in [3.63, 3.8) is 0 Å². The van der Waals surface area contributed by atoms with E-state index < -0.39 is 11.6 Å². The van der Waals surface area contributed by atoms with Crippen molar-refractivity contribution in [2.24, 2.45) is 4.99 Å². The standard InChI is InChI=1S/C13H16ClNO2/c1-9-5-6-10(7-11(9)14)15-8-12(16)17-13(2,3)4/h5-8H,1-4H3. The van der Waals surface area contributed by atoms with Crippen molar-refractivity contribution >= 4 is 29.5 Å². The fourth-order valence-corrected chi connectivity index (χ4v) is 1.29. The molecule has 0 amide bonds. The summed E-state index contributed by atoms with van der Waals surface area (Å²) in [4.78, 5) is 15.4. The highest BCUT2D eigenvalue weighted by Gasteiger charge is 2.14. The Morgan fingerprint density at radius 1 is 1.41 bits per heavy atom. The predicted molar refractivity (Wildman–Crippen MR) is 70.2 cm³/mol. The molecule has 1 rings (SSSR count). The summed E-state index contributed by atoms with van der Waals surface area (Å²) >= 11 is 5.95. The summed E-state index contributed by atoms with van der Waals surface area (Å²) in [5, 5.41) is 0.629. The zero-order chi connectivity index (χ0) is 13.1. The van der Waals surface area contributed by atoms with E-state index in [-0.39, 0.29) is 0 Å². The Morgan fingerprint density at radius 3 is 2.59 bits per heavy atom. The lowest BCUT2D eigenvalue weighted by Gasteiger charge is -2.17. The molecule has 0 aromatic heterocycles. The van der Waals surface area contributed by atoms with Crippen LogP contribution >= 0.6 is 11.6 Å². The van der Waals surface area contributed by atoms with Crippen LogP contribution in [0, 0.1) is 6.92 Å². The van der Waals surface area contributed by atoms with E-state index in [1.165, 1.54) is 0 Å². The molecule has 0 aliphatic rings. The third kappa shape index (κ3) is 5.00. The number of aliphatic imine (C=N–C) groups is 1. The van der Waals surface area contributed by atoms with Gasteiger partial charge in [-0.2, -0.15) is 0 Å². The molecule has 0 heterocycles. The van der Waals surface area contributed by atoms with Crippen LogP contribution in [0.1, 0.15) is 26.3 Å². The number of hydrogen-bond donors (Lipinski definition) is 0. The molecule has 0 saturated heterocycles. The Kier molecular flexibility index (Phi) is 4.29. The first-order valence-corrected chi connectivity index (χ1v) is 5.69. The van der Waals surface area contributed by atoms with Crippen LogP contribution in [0.5, 0.6) is 0 Å². The highest BCUT2D eigenvalue weighted by Crippen LogP contribution is 2.21. The van der Waals surface area contributed by atoms with Gasteiger partial charge in [-0.1, -0.05) is 17.7 Å². The van der Waals surface area contributed by atoms with Gasteiger partial charge in [-0.05, 0) is 45.4 Å². The fraction of sp³-hybridized carbons (Fsp3) is 0.385. The second-order valence-corrected chi connectivity index (χ2v) is 5.13. The van der Waals surface area contributed by atoms with Crippen LogP contribution in [0.3, 0.4) is 0 Å². The smallest absolute Gasteiger partial charge is 0.349 e. The number of esters is 1. The highest BCUT2D eigenvalue weighted by molar-refractivity contribution is 6.31. The number of ether oxygens (including phenoxy) is 1. The van der Waals surface area contributed by atoms with Gasteiger partial charge in [0.1, 0.15) is 11.8 Å². The molecular formula is C13H16ClNO2. The van der Waals surface area contributed by atoms with Crippen LogP contribution in [0.15, 0.2) is 23.2 Å². The van der Waals surface area contributed by atoms with Crippen molar-refractivity contribution in [2.45, 2.75) is 33.3 Å². The number of aryl methyl sites for hydroxylation is 1. The third-order valence-corrected chi connectivity index (χ3v) is 2.29. The predicted octanol–water partition coefficient (Wildman–Crippen LogP) is 3.69. The number of nitrogens with zero attached hydrogens (tertiary/aromatic N) is 1. The lowest BCUT2D eigenvalue weighted by Crippen LogP contribution is -2.24. The molecule has 1 aromatic rings. The molecule has 17 heavy (non-hydrogen) atoms. The molecule has 4 heteroatoms. The van der Waals surface area contributed by atoms with Crippen LogP contribution in [0.25, 0.3) is 0 Å². The number of halogens is 1. The van der Waals surface area contributed by atoms with E-state index in [1.807, 2.05) is 33.8 Å². The molecule has 0 unspecified atom stereocenters. The van der Waals surface area contributed by atoms with Gasteiger partial charge in [0.2, 0.25) is 0 Å². The van der Waals surface area contributed by atoms with Gasteiger partial charge >= 0.3 is 5.97 Å². The molecule has 1 aromatic carbocycles. The molecule has 0 atom stereocenters. The van der Waals surface area contributed by atoms with Gasteiger partial charge in [0, 0.05) is 5.02 Å². The summed E-state index contributed by atoms with van der Waals surface area (Å²) < 4.78 is 5.09. The lowest BCUT2D eigenvalue weighted by atomic mass is 10.2. The van der Waals surface area contributed by atoms with Gasteiger partial charge in [-0.15, -0.1) is 0 Å². The molecule has 3 nitrogen and oxygen atoms in total. The quantitative estimate of drug-likeness (QED) is 0.596. The summed E-state index contributed by atoms with van der Waals surface area (Å²) in [7, 11) is 0. The topological polar surface area (TPSA) is 38.7 Å². The summed E-state index contributed by atoms with van der Waals surface area (Å²) in [5.74, 6) is -0.464. The van der Waals surface area contributed by atoms with Gasteiger partial charge in [0.05, 0.1) is 5.69 Å². The van der Waals surface area contributed by atoms with E-state index in [0.717, 1.165) is 11.8 Å². The van der Waals surface area contributed by atoms with Gasteiger partial charge < -0.3 is 4.74 Å². The zero-order valence-electron chi connectivity index (χ0n) is 10.5. The Bertz CT molecular complexity index is 447. The van der Waals surface area contributed by atoms with Crippen LogP contribution in [0.2, 0.25) is 5.02 Å². The van der Waals surface area contributed by atoms with Gasteiger partial charge in [-0.3, -0.25) is 0 Å². The number of carbonyl (C=O) groups excluding carboxylic acids is 1. The molecule has 0 saturated carbocycles. The van der Waals surface area contributed by atoms with Crippen molar-refractivity contribution in [3.05, 3.63) is 28.8 Å². The molecule has 0 aliphatic carbocycles. The number of benzene rings is 1. The minimum Gasteiger partial charge on any atom is -0.456 e. The largest absolute Gasteiger partial charge is 0.456 e. The van der Waals surface area contributed by atoms with E-state index in [0.29, 0.717) is 10.7 Å². The van der Waals surface area contributed by atoms with Crippen LogP contribution in [-0.2, 0) is 9.53 Å². The van der Waals surface area contributed by atoms with Crippen LogP contribution in [0.4, 0.5) is 5.69 Å². The average Bonchev–Trinajstić information content (AvgIpc) is 2.17. The summed E-state index contributed by atoms with van der Waals surface area (Å²) in [5.41, 5.74) is 1.10. The van der Waals surface area contributed by atoms with E-state index >= 15 is 0 Å². The number of carbonyl (C=O) groups is 1. The van der Waals surface area contributed by atoms with Gasteiger partial charge in [0.25, 0.3) is 0 Å². The molecule has 0 spiro atoms. The Labute approximate surface area is 106 Å². The number of rotatable bonds is 2. The molecule has 0 aliphatic heterocycles. The summed E-state index contributed by atoms with van der Waals surface area (Å²) in [6.45, 7) is 7.33. The monoisotopic (exact) mass is 253 g/mol. The first-order valence-electron chi connectivity index (χ1n) is 5.31. The third-order valence-electron chi connectivity index (χ3n) is 1.88. The van der Waals surface area contributed by atoms with Gasteiger partial charge in [0.15, 0.2) is 0 Å². The fourth-order valence-electron chi connectivity index (χ4n) is 1.12. The average molecular weight is 254 g/mol. The van der Waals surface area contributed by atoms with Crippen molar-refractivity contribution in [1.29, 1.82) is 0 Å². The lowest BCUT2D eigenvalue weighted by molar-refractivity contribution is -0.145. The van der Waals surface area contributed by atoms with E-state index in [2.05, 4.69) is 4.99 Å². The normalized spacial score (nSPS) is 11.8. The van der Waals surface area contributed by atoms with Crippen molar-refractivity contribution < 1.29 is 9.53 Å². The second kappa shape index (κ2) is 5.32. The minimum atomic E-state index is -0.506. The molecule has 0 fully saturated rings. The Hall–Kier alpha value is -1.35. The molecular weight excluding hydrogens is 238 g/mol. The second-order valence-electron chi connectivity index (χ2n) is 4.73. The van der Waals surface area contributed by atoms with E-state index in [1.54, 1.807) is 12.1 Å². The van der Waals surface area contributed by atoms with E-state index in [9.17, 15) is 4.79 Å². The first kappa shape index (κ1) is 13.7. The molecule has 0 bridgehead atoms. The SMILES string of the molecule is Cc1ccc(N=CC(=O)OC(C)(C)C)cc1Cl. The maximum Gasteiger partial charge on any atom is 0.349 e. The molecule has 0 N–H and O–H groups in total. The maximum absolute atomic E-state index is 11.4. The molecule has 0 radical (unpaired) electrons. The summed E-state index contributed by atoms with van der Waals surface area (Å²) in [6, 6.07) is 5.35. The van der Waals surface area contributed by atoms with Crippen LogP contribution < -0.4 is 0 Å². The molecule has 92 valence electrons.